The number of ether oxygens (including phenoxy) is 1. The van der Waals surface area contributed by atoms with E-state index in [1.807, 2.05) is 36.0 Å². The molecule has 5 rings (SSSR count). The molecule has 182 valence electrons. The Bertz CT molecular complexity index is 1230. The molecule has 1 saturated carbocycles. The maximum Gasteiger partial charge on any atom is 0.291 e. The zero-order valence-corrected chi connectivity index (χ0v) is 19.1. The summed E-state index contributed by atoms with van der Waals surface area (Å²) in [5.41, 5.74) is 2.69. The number of carbonyl (C=O) groups excluding carboxylic acids is 1. The summed E-state index contributed by atoms with van der Waals surface area (Å²) in [5.74, 6) is 0.422. The second-order valence-corrected chi connectivity index (χ2v) is 7.84. The summed E-state index contributed by atoms with van der Waals surface area (Å²) >= 11 is 0. The standard InChI is InChI=1S/C23H24N6O3.CH2O2/c1-2-31-17-7-6-16(11-17)29-14-19(22(28-29)18-5-3-4-10-24-18)27-23(30)21-9-8-20(32-21)15-12-25-26-13-15;2-1-3/h3-5,8-10,12-14,16-17H,2,6-7,11H2,1H3,(H,25,26)(H,27,30);1H,(H,2,3)/t16-,17+;/m0./s1. The number of rotatable bonds is 7. The molecule has 3 N–H and O–H groups in total. The minimum Gasteiger partial charge on any atom is -0.483 e. The molecule has 1 aliphatic carbocycles. The zero-order chi connectivity index (χ0) is 24.6. The molecule has 0 aliphatic heterocycles. The normalized spacial score (nSPS) is 16.9. The number of carboxylic acid groups (broad SMARTS) is 1. The van der Waals surface area contributed by atoms with Crippen LogP contribution in [0.2, 0.25) is 0 Å². The smallest absolute Gasteiger partial charge is 0.291 e. The van der Waals surface area contributed by atoms with Crippen molar-refractivity contribution < 1.29 is 23.8 Å². The van der Waals surface area contributed by atoms with Gasteiger partial charge in [0.2, 0.25) is 0 Å². The summed E-state index contributed by atoms with van der Waals surface area (Å²) in [6.07, 6.45) is 10.1. The van der Waals surface area contributed by atoms with Crippen LogP contribution in [-0.4, -0.2) is 55.2 Å². The number of hydrogen-bond acceptors (Lipinski definition) is 7. The third-order valence-corrected chi connectivity index (χ3v) is 5.63. The molecule has 11 nitrogen and oxygen atoms in total. The lowest BCUT2D eigenvalue weighted by atomic mass is 10.2. The number of aromatic nitrogens is 5. The van der Waals surface area contributed by atoms with E-state index >= 15 is 0 Å². The van der Waals surface area contributed by atoms with Crippen LogP contribution in [0.5, 0.6) is 0 Å². The first-order valence-corrected chi connectivity index (χ1v) is 11.2. The number of H-pyrrole nitrogens is 1. The van der Waals surface area contributed by atoms with Crippen molar-refractivity contribution in [3.8, 4) is 22.7 Å². The fourth-order valence-electron chi connectivity index (χ4n) is 4.09. The molecule has 4 heterocycles. The van der Waals surface area contributed by atoms with Crippen LogP contribution in [0, 0.1) is 0 Å². The van der Waals surface area contributed by atoms with Gasteiger partial charge in [0.05, 0.1) is 35.3 Å². The summed E-state index contributed by atoms with van der Waals surface area (Å²) in [5, 5.41) is 21.3. The third-order valence-electron chi connectivity index (χ3n) is 5.63. The Morgan fingerprint density at radius 2 is 2.20 bits per heavy atom. The Hall–Kier alpha value is -4.25. The molecule has 1 amide bonds. The van der Waals surface area contributed by atoms with Crippen LogP contribution in [0.1, 0.15) is 42.8 Å². The molecular formula is C24H26N6O5. The number of anilines is 1. The van der Waals surface area contributed by atoms with Gasteiger partial charge < -0.3 is 19.6 Å². The van der Waals surface area contributed by atoms with E-state index in [4.69, 9.17) is 24.2 Å². The second-order valence-electron chi connectivity index (χ2n) is 7.84. The molecule has 0 bridgehead atoms. The van der Waals surface area contributed by atoms with E-state index < -0.39 is 0 Å². The summed E-state index contributed by atoms with van der Waals surface area (Å²) < 4.78 is 13.4. The monoisotopic (exact) mass is 478 g/mol. The number of pyridine rings is 1. The Labute approximate surface area is 201 Å². The molecule has 35 heavy (non-hydrogen) atoms. The van der Waals surface area contributed by atoms with Crippen molar-refractivity contribution in [3.63, 3.8) is 0 Å². The lowest BCUT2D eigenvalue weighted by Gasteiger charge is -2.11. The SMILES string of the molecule is CCO[C@@H]1CC[C@H](n2cc(NC(=O)c3ccc(-c4cn[nH]c4)o3)c(-c3ccccn3)n2)C1.O=CO. The van der Waals surface area contributed by atoms with Crippen molar-refractivity contribution in [2.75, 3.05) is 11.9 Å². The highest BCUT2D eigenvalue weighted by molar-refractivity contribution is 6.04. The van der Waals surface area contributed by atoms with E-state index in [-0.39, 0.29) is 30.3 Å². The van der Waals surface area contributed by atoms with Crippen molar-refractivity contribution in [2.24, 2.45) is 0 Å². The Balaban J connectivity index is 0.000000917. The van der Waals surface area contributed by atoms with Crippen molar-refractivity contribution >= 4 is 18.1 Å². The van der Waals surface area contributed by atoms with Gasteiger partial charge >= 0.3 is 0 Å². The van der Waals surface area contributed by atoms with Crippen molar-refractivity contribution in [1.29, 1.82) is 0 Å². The van der Waals surface area contributed by atoms with Gasteiger partial charge in [0, 0.05) is 25.2 Å². The Kier molecular flexibility index (Phi) is 7.68. The van der Waals surface area contributed by atoms with E-state index in [1.54, 1.807) is 30.7 Å². The van der Waals surface area contributed by atoms with Gasteiger partial charge in [-0.2, -0.15) is 10.2 Å². The highest BCUT2D eigenvalue weighted by Crippen LogP contribution is 2.35. The second kappa shape index (κ2) is 11.3. The number of carbonyl (C=O) groups is 2. The third kappa shape index (κ3) is 5.64. The van der Waals surface area contributed by atoms with Crippen molar-refractivity contribution in [2.45, 2.75) is 38.3 Å². The number of nitrogens with zero attached hydrogens (tertiary/aromatic N) is 4. The highest BCUT2D eigenvalue weighted by Gasteiger charge is 2.28. The fraction of sp³-hybridized carbons (Fsp3) is 0.292. The van der Waals surface area contributed by atoms with Crippen LogP contribution in [-0.2, 0) is 9.53 Å². The molecule has 0 spiro atoms. The van der Waals surface area contributed by atoms with Gasteiger partial charge in [-0.3, -0.25) is 24.4 Å². The van der Waals surface area contributed by atoms with E-state index in [9.17, 15) is 4.79 Å². The van der Waals surface area contributed by atoms with Crippen LogP contribution >= 0.6 is 0 Å². The molecule has 4 aromatic heterocycles. The largest absolute Gasteiger partial charge is 0.483 e. The van der Waals surface area contributed by atoms with Gasteiger partial charge in [-0.25, -0.2) is 0 Å². The number of aromatic amines is 1. The summed E-state index contributed by atoms with van der Waals surface area (Å²) in [7, 11) is 0. The maximum atomic E-state index is 12.9. The van der Waals surface area contributed by atoms with Gasteiger partial charge in [-0.05, 0) is 50.5 Å². The number of furan rings is 1. The van der Waals surface area contributed by atoms with Crippen LogP contribution < -0.4 is 5.32 Å². The topological polar surface area (TPSA) is 148 Å². The lowest BCUT2D eigenvalue weighted by Crippen LogP contribution is -2.12. The fourth-order valence-corrected chi connectivity index (χ4v) is 4.09. The van der Waals surface area contributed by atoms with Crippen LogP contribution in [0.15, 0.2) is 59.5 Å². The molecule has 0 radical (unpaired) electrons. The van der Waals surface area contributed by atoms with E-state index in [0.29, 0.717) is 29.4 Å². The predicted octanol–water partition coefficient (Wildman–Crippen LogP) is 4.01. The quantitative estimate of drug-likeness (QED) is 0.337. The van der Waals surface area contributed by atoms with Crippen molar-refractivity contribution in [3.05, 3.63) is 60.9 Å². The predicted molar refractivity (Wildman–Crippen MR) is 127 cm³/mol. The minimum atomic E-state index is -0.352. The molecular weight excluding hydrogens is 452 g/mol. The summed E-state index contributed by atoms with van der Waals surface area (Å²) in [4.78, 5) is 25.7. The maximum absolute atomic E-state index is 12.9. The minimum absolute atomic E-state index is 0.207. The van der Waals surface area contributed by atoms with E-state index in [2.05, 4.69) is 20.5 Å². The van der Waals surface area contributed by atoms with Gasteiger partial charge in [0.25, 0.3) is 12.4 Å². The van der Waals surface area contributed by atoms with Crippen LogP contribution in [0.3, 0.4) is 0 Å². The molecule has 0 saturated heterocycles. The number of nitrogens with one attached hydrogen (secondary N) is 2. The number of amides is 1. The first-order valence-electron chi connectivity index (χ1n) is 11.2. The average Bonchev–Trinajstić information content (AvgIpc) is 3.67. The van der Waals surface area contributed by atoms with Crippen LogP contribution in [0.4, 0.5) is 5.69 Å². The molecule has 1 fully saturated rings. The Morgan fingerprint density at radius 1 is 1.34 bits per heavy atom. The molecule has 0 aromatic carbocycles. The Morgan fingerprint density at radius 3 is 2.91 bits per heavy atom. The lowest BCUT2D eigenvalue weighted by molar-refractivity contribution is -0.122. The van der Waals surface area contributed by atoms with Gasteiger partial charge in [0.15, 0.2) is 5.76 Å². The zero-order valence-electron chi connectivity index (χ0n) is 19.1. The summed E-state index contributed by atoms with van der Waals surface area (Å²) in [6, 6.07) is 9.24. The molecule has 1 aliphatic rings. The van der Waals surface area contributed by atoms with Crippen LogP contribution in [0.25, 0.3) is 22.7 Å². The molecule has 0 unspecified atom stereocenters. The molecule has 4 aromatic rings. The molecule has 2 atom stereocenters. The first-order chi connectivity index (χ1) is 17.1. The van der Waals surface area contributed by atoms with Crippen molar-refractivity contribution in [1.82, 2.24) is 25.0 Å². The van der Waals surface area contributed by atoms with Gasteiger partial charge in [0.1, 0.15) is 11.5 Å². The van der Waals surface area contributed by atoms with Gasteiger partial charge in [-0.1, -0.05) is 6.07 Å². The number of hydrogen-bond donors (Lipinski definition) is 3. The first kappa shape index (κ1) is 23.9. The van der Waals surface area contributed by atoms with Gasteiger partial charge in [-0.15, -0.1) is 0 Å². The van der Waals surface area contributed by atoms with E-state index in [1.165, 1.54) is 0 Å². The summed E-state index contributed by atoms with van der Waals surface area (Å²) in [6.45, 7) is 2.47. The highest BCUT2D eigenvalue weighted by atomic mass is 16.5. The molecule has 11 heteroatoms. The van der Waals surface area contributed by atoms with E-state index in [0.717, 1.165) is 24.8 Å². The average molecular weight is 479 g/mol.